The van der Waals surface area contributed by atoms with Gasteiger partial charge in [-0.05, 0) is 38.5 Å². The van der Waals surface area contributed by atoms with Gasteiger partial charge in [0, 0.05) is 38.3 Å². The number of para-hydroxylation sites is 1. The van der Waals surface area contributed by atoms with E-state index in [9.17, 15) is 14.4 Å². The molecule has 1 aliphatic rings. The number of hydrogen-bond acceptors (Lipinski definition) is 8. The van der Waals surface area contributed by atoms with E-state index in [0.29, 0.717) is 36.6 Å². The van der Waals surface area contributed by atoms with Gasteiger partial charge < -0.3 is 19.1 Å². The van der Waals surface area contributed by atoms with E-state index in [2.05, 4.69) is 10.00 Å². The number of nitrogens with zero attached hydrogens (tertiary/aromatic N) is 4. The van der Waals surface area contributed by atoms with Gasteiger partial charge in [-0.1, -0.05) is 42.5 Å². The largest absolute Gasteiger partial charge is 0.465 e. The highest BCUT2D eigenvalue weighted by Gasteiger charge is 2.31. The number of piperazine rings is 1. The molecule has 39 heavy (non-hydrogen) atoms. The Morgan fingerprint density at radius 3 is 2.03 bits per heavy atom. The predicted octanol–water partition coefficient (Wildman–Crippen LogP) is 4.17. The quantitative estimate of drug-likeness (QED) is 0.343. The first-order valence-electron chi connectivity index (χ1n) is 12.8. The third kappa shape index (κ3) is 6.46. The summed E-state index contributed by atoms with van der Waals surface area (Å²) >= 11 is 0. The van der Waals surface area contributed by atoms with E-state index in [0.717, 1.165) is 18.7 Å². The molecule has 10 heteroatoms. The predicted molar refractivity (Wildman–Crippen MR) is 145 cm³/mol. The van der Waals surface area contributed by atoms with E-state index >= 15 is 0 Å². The minimum Gasteiger partial charge on any atom is -0.465 e. The monoisotopic (exact) mass is 534 g/mol. The van der Waals surface area contributed by atoms with Crippen molar-refractivity contribution in [2.24, 2.45) is 0 Å². The number of benzene rings is 2. The molecule has 1 aromatic heterocycles. The number of carbonyl (C=O) groups is 3. The molecule has 0 spiro atoms. The van der Waals surface area contributed by atoms with Crippen molar-refractivity contribution in [2.75, 3.05) is 40.4 Å². The van der Waals surface area contributed by atoms with Crippen molar-refractivity contribution in [3.63, 3.8) is 0 Å². The maximum atomic E-state index is 12.8. The summed E-state index contributed by atoms with van der Waals surface area (Å²) < 4.78 is 16.9. The molecule has 1 fully saturated rings. The van der Waals surface area contributed by atoms with Gasteiger partial charge in [0.2, 0.25) is 0 Å². The van der Waals surface area contributed by atoms with E-state index in [1.54, 1.807) is 17.0 Å². The Hall–Kier alpha value is -4.18. The molecule has 2 heterocycles. The van der Waals surface area contributed by atoms with Crippen molar-refractivity contribution >= 4 is 18.0 Å². The third-order valence-corrected chi connectivity index (χ3v) is 6.31. The van der Waals surface area contributed by atoms with Crippen LogP contribution in [0.15, 0.2) is 54.6 Å². The van der Waals surface area contributed by atoms with Gasteiger partial charge in [-0.3, -0.25) is 4.90 Å². The van der Waals surface area contributed by atoms with Crippen LogP contribution in [-0.2, 0) is 20.8 Å². The zero-order chi connectivity index (χ0) is 28.2. The van der Waals surface area contributed by atoms with Gasteiger partial charge in [0.05, 0.1) is 19.9 Å². The highest BCUT2D eigenvalue weighted by Crippen LogP contribution is 2.29. The van der Waals surface area contributed by atoms with Crippen molar-refractivity contribution < 1.29 is 28.6 Å². The summed E-state index contributed by atoms with van der Waals surface area (Å²) in [6, 6.07) is 16.7. The molecule has 0 saturated carbocycles. The number of rotatable bonds is 6. The van der Waals surface area contributed by atoms with E-state index in [1.807, 2.05) is 63.2 Å². The Bertz CT molecular complexity index is 1320. The molecule has 0 N–H and O–H groups in total. The van der Waals surface area contributed by atoms with Crippen LogP contribution in [-0.4, -0.2) is 83.6 Å². The molecule has 3 aromatic rings. The fourth-order valence-electron chi connectivity index (χ4n) is 4.40. The van der Waals surface area contributed by atoms with Crippen LogP contribution >= 0.6 is 0 Å². The summed E-state index contributed by atoms with van der Waals surface area (Å²) in [7, 11) is 2.52. The molecule has 0 aliphatic carbocycles. The first kappa shape index (κ1) is 27.8. The van der Waals surface area contributed by atoms with Crippen LogP contribution in [0.25, 0.3) is 16.9 Å². The number of hydrogen-bond donors (Lipinski definition) is 0. The van der Waals surface area contributed by atoms with E-state index < -0.39 is 17.5 Å². The summed E-state index contributed by atoms with van der Waals surface area (Å²) in [5.74, 6) is -1.38. The molecule has 206 valence electrons. The van der Waals surface area contributed by atoms with Gasteiger partial charge in [-0.2, -0.15) is 5.10 Å². The molecule has 2 aromatic carbocycles. The Morgan fingerprint density at radius 1 is 0.846 bits per heavy atom. The summed E-state index contributed by atoms with van der Waals surface area (Å²) in [4.78, 5) is 42.0. The lowest BCUT2D eigenvalue weighted by Crippen LogP contribution is -2.49. The Balaban J connectivity index is 1.55. The topological polar surface area (TPSA) is 103 Å². The number of ether oxygens (including phenoxy) is 3. The number of esters is 2. The number of carbonyl (C=O) groups excluding carboxylic acids is 3. The fraction of sp³-hybridized carbons (Fsp3) is 0.379. The van der Waals surface area contributed by atoms with Crippen LogP contribution in [0.4, 0.5) is 4.79 Å². The minimum absolute atomic E-state index is 0.00233. The van der Waals surface area contributed by atoms with Crippen molar-refractivity contribution in [3.8, 4) is 16.9 Å². The zero-order valence-electron chi connectivity index (χ0n) is 23.0. The van der Waals surface area contributed by atoms with Gasteiger partial charge in [-0.15, -0.1) is 0 Å². The molecule has 1 amide bonds. The van der Waals surface area contributed by atoms with Gasteiger partial charge >= 0.3 is 18.0 Å². The van der Waals surface area contributed by atoms with Crippen LogP contribution in [0, 0.1) is 0 Å². The molecular formula is C29H34N4O6. The van der Waals surface area contributed by atoms with E-state index in [-0.39, 0.29) is 17.4 Å². The Kier molecular flexibility index (Phi) is 8.35. The average Bonchev–Trinajstić information content (AvgIpc) is 3.33. The maximum absolute atomic E-state index is 12.8. The third-order valence-electron chi connectivity index (χ3n) is 6.31. The Labute approximate surface area is 228 Å². The molecule has 0 bridgehead atoms. The molecule has 1 saturated heterocycles. The lowest BCUT2D eigenvalue weighted by Gasteiger charge is -2.35. The first-order chi connectivity index (χ1) is 18.6. The maximum Gasteiger partial charge on any atom is 0.410 e. The lowest BCUT2D eigenvalue weighted by molar-refractivity contribution is 0.0138. The Morgan fingerprint density at radius 2 is 1.46 bits per heavy atom. The van der Waals surface area contributed by atoms with Crippen molar-refractivity contribution in [2.45, 2.75) is 32.9 Å². The molecule has 0 atom stereocenters. The van der Waals surface area contributed by atoms with Gasteiger partial charge in [0.1, 0.15) is 16.9 Å². The molecule has 10 nitrogen and oxygen atoms in total. The molecule has 4 rings (SSSR count). The van der Waals surface area contributed by atoms with Gasteiger partial charge in [-0.25, -0.2) is 19.1 Å². The van der Waals surface area contributed by atoms with Gasteiger partial charge in [0.15, 0.2) is 5.69 Å². The van der Waals surface area contributed by atoms with Gasteiger partial charge in [0.25, 0.3) is 0 Å². The van der Waals surface area contributed by atoms with Crippen molar-refractivity contribution in [1.29, 1.82) is 0 Å². The van der Waals surface area contributed by atoms with Crippen LogP contribution in [0.3, 0.4) is 0 Å². The minimum atomic E-state index is -0.694. The summed E-state index contributed by atoms with van der Waals surface area (Å²) in [6.45, 7) is 8.96. The van der Waals surface area contributed by atoms with Crippen molar-refractivity contribution in [3.05, 3.63) is 71.4 Å². The van der Waals surface area contributed by atoms with E-state index in [1.165, 1.54) is 18.9 Å². The second-order valence-electron chi connectivity index (χ2n) is 10.2. The molecule has 0 unspecified atom stereocenters. The smallest absolute Gasteiger partial charge is 0.410 e. The number of methoxy groups -OCH3 is 2. The second kappa shape index (κ2) is 11.7. The highest BCUT2D eigenvalue weighted by molar-refractivity contribution is 6.06. The van der Waals surface area contributed by atoms with E-state index in [4.69, 9.17) is 14.2 Å². The zero-order valence-corrected chi connectivity index (χ0v) is 23.0. The van der Waals surface area contributed by atoms with Crippen LogP contribution in [0.1, 0.15) is 47.2 Å². The van der Waals surface area contributed by atoms with Crippen LogP contribution in [0.5, 0.6) is 0 Å². The molecule has 1 aliphatic heterocycles. The normalized spacial score (nSPS) is 14.1. The van der Waals surface area contributed by atoms with Crippen molar-refractivity contribution in [1.82, 2.24) is 19.6 Å². The molecule has 0 radical (unpaired) electrons. The number of amides is 1. The summed E-state index contributed by atoms with van der Waals surface area (Å²) in [6.07, 6.45) is -0.283. The average molecular weight is 535 g/mol. The van der Waals surface area contributed by atoms with Crippen LogP contribution in [0.2, 0.25) is 0 Å². The van der Waals surface area contributed by atoms with Crippen LogP contribution < -0.4 is 0 Å². The lowest BCUT2D eigenvalue weighted by atomic mass is 10.0. The summed E-state index contributed by atoms with van der Waals surface area (Å²) in [5, 5.41) is 4.64. The number of aromatic nitrogens is 2. The first-order valence-corrected chi connectivity index (χ1v) is 12.8. The standard InChI is InChI=1S/C29H34N4O6/c1-29(2,3)39-28(36)32-17-15-31(16-18-32)19-20-11-13-21(14-12-20)24-23(26(34)37-4)25(27(35)38-5)33(30-24)22-9-7-6-8-10-22/h6-14H,15-19H2,1-5H3. The fourth-order valence-corrected chi connectivity index (χ4v) is 4.40. The SMILES string of the molecule is COC(=O)c1c(-c2ccc(CN3CCN(C(=O)OC(C)(C)C)CC3)cc2)nn(-c2ccccc2)c1C(=O)OC. The molecular weight excluding hydrogens is 500 g/mol. The summed E-state index contributed by atoms with van der Waals surface area (Å²) in [5.41, 5.74) is 2.18. The second-order valence-corrected chi connectivity index (χ2v) is 10.2. The highest BCUT2D eigenvalue weighted by atomic mass is 16.6.